The first-order chi connectivity index (χ1) is 8.72. The molecule has 102 valence electrons. The molecule has 2 fully saturated rings. The summed E-state index contributed by atoms with van der Waals surface area (Å²) >= 11 is 0. The molecule has 1 heterocycles. The summed E-state index contributed by atoms with van der Waals surface area (Å²) < 4.78 is 0. The zero-order chi connectivity index (χ0) is 13.0. The van der Waals surface area contributed by atoms with E-state index in [1.54, 1.807) is 0 Å². The van der Waals surface area contributed by atoms with Crippen LogP contribution in [0.2, 0.25) is 0 Å². The van der Waals surface area contributed by atoms with Gasteiger partial charge in [-0.15, -0.1) is 0 Å². The number of nitrogens with one attached hydrogen (secondary N) is 2. The second-order valence-corrected chi connectivity index (χ2v) is 5.15. The van der Waals surface area contributed by atoms with Crippen LogP contribution in [0, 0.1) is 0 Å². The lowest BCUT2D eigenvalue weighted by Crippen LogP contribution is -2.60. The fourth-order valence-corrected chi connectivity index (χ4v) is 2.93. The maximum Gasteiger partial charge on any atom is 0.241 e. The molecule has 1 saturated heterocycles. The highest BCUT2D eigenvalue weighted by molar-refractivity contribution is 5.87. The minimum absolute atomic E-state index is 0.0280. The Morgan fingerprint density at radius 3 is 2.61 bits per heavy atom. The van der Waals surface area contributed by atoms with Gasteiger partial charge < -0.3 is 10.2 Å². The summed E-state index contributed by atoms with van der Waals surface area (Å²) in [4.78, 5) is 25.5. The molecule has 1 unspecified atom stereocenters. The molecule has 1 atom stereocenters. The molecule has 5 heteroatoms. The van der Waals surface area contributed by atoms with Crippen molar-refractivity contribution >= 4 is 11.8 Å². The van der Waals surface area contributed by atoms with E-state index < -0.39 is 0 Å². The summed E-state index contributed by atoms with van der Waals surface area (Å²) in [6.07, 6.45) is 5.99. The predicted molar refractivity (Wildman–Crippen MR) is 69.1 cm³/mol. The third-order valence-corrected chi connectivity index (χ3v) is 3.95. The van der Waals surface area contributed by atoms with E-state index in [-0.39, 0.29) is 24.4 Å². The maximum atomic E-state index is 12.4. The van der Waals surface area contributed by atoms with Gasteiger partial charge in [-0.3, -0.25) is 14.9 Å². The number of amides is 2. The number of carbonyl (C=O) groups is 2. The minimum Gasteiger partial charge on any atom is -0.353 e. The largest absolute Gasteiger partial charge is 0.353 e. The molecule has 1 aliphatic heterocycles. The molecular formula is C13H23N3O2. The molecule has 0 spiro atoms. The van der Waals surface area contributed by atoms with Gasteiger partial charge in [0.15, 0.2) is 0 Å². The van der Waals surface area contributed by atoms with Crippen LogP contribution in [0.3, 0.4) is 0 Å². The van der Waals surface area contributed by atoms with Gasteiger partial charge in [0.25, 0.3) is 0 Å². The molecule has 2 rings (SSSR count). The second-order valence-electron chi connectivity index (χ2n) is 5.15. The summed E-state index contributed by atoms with van der Waals surface area (Å²) in [6, 6.07) is 0.153. The average molecular weight is 253 g/mol. The lowest BCUT2D eigenvalue weighted by atomic mass is 9.93. The number of rotatable bonds is 3. The van der Waals surface area contributed by atoms with E-state index in [0.29, 0.717) is 12.6 Å². The van der Waals surface area contributed by atoms with Gasteiger partial charge in [-0.25, -0.2) is 0 Å². The quantitative estimate of drug-likeness (QED) is 0.758. The van der Waals surface area contributed by atoms with Crippen LogP contribution in [0.25, 0.3) is 0 Å². The average Bonchev–Trinajstić information content (AvgIpc) is 2.41. The number of carbonyl (C=O) groups excluding carboxylic acids is 2. The Hall–Kier alpha value is -1.10. The SMILES string of the molecule is CCN(C(=O)C1CNC(=O)CN1)C1CCCCC1. The third kappa shape index (κ3) is 3.02. The molecular weight excluding hydrogens is 230 g/mol. The van der Waals surface area contributed by atoms with Crippen LogP contribution in [-0.4, -0.2) is 48.4 Å². The molecule has 0 aromatic carbocycles. The lowest BCUT2D eigenvalue weighted by Gasteiger charge is -2.37. The Labute approximate surface area is 108 Å². The molecule has 2 amide bonds. The van der Waals surface area contributed by atoms with Crippen LogP contribution in [0.4, 0.5) is 0 Å². The molecule has 2 aliphatic rings. The van der Waals surface area contributed by atoms with Gasteiger partial charge >= 0.3 is 0 Å². The van der Waals surface area contributed by atoms with Gasteiger partial charge in [-0.2, -0.15) is 0 Å². The zero-order valence-corrected chi connectivity index (χ0v) is 11.1. The maximum absolute atomic E-state index is 12.4. The molecule has 0 bridgehead atoms. The standard InChI is InChI=1S/C13H23N3O2/c1-2-16(10-6-4-3-5-7-10)13(18)11-8-15-12(17)9-14-11/h10-11,14H,2-9H2,1H3,(H,15,17). The van der Waals surface area contributed by atoms with Crippen molar-refractivity contribution in [2.45, 2.75) is 51.1 Å². The molecule has 5 nitrogen and oxygen atoms in total. The van der Waals surface area contributed by atoms with Crippen molar-refractivity contribution in [3.05, 3.63) is 0 Å². The molecule has 0 aromatic rings. The zero-order valence-electron chi connectivity index (χ0n) is 11.1. The van der Waals surface area contributed by atoms with Gasteiger partial charge in [-0.1, -0.05) is 19.3 Å². The first kappa shape index (κ1) is 13.3. The van der Waals surface area contributed by atoms with Gasteiger partial charge in [0.2, 0.25) is 11.8 Å². The second kappa shape index (κ2) is 6.18. The highest BCUT2D eigenvalue weighted by Gasteiger charge is 2.31. The normalized spacial score (nSPS) is 25.6. The van der Waals surface area contributed by atoms with Crippen molar-refractivity contribution < 1.29 is 9.59 Å². The number of piperazine rings is 1. The van der Waals surface area contributed by atoms with Gasteiger partial charge in [0.05, 0.1) is 6.54 Å². The summed E-state index contributed by atoms with van der Waals surface area (Å²) in [6.45, 7) is 3.46. The van der Waals surface area contributed by atoms with Crippen LogP contribution in [-0.2, 0) is 9.59 Å². The van der Waals surface area contributed by atoms with Crippen LogP contribution in [0.15, 0.2) is 0 Å². The molecule has 2 N–H and O–H groups in total. The number of hydrogen-bond donors (Lipinski definition) is 2. The third-order valence-electron chi connectivity index (χ3n) is 3.95. The van der Waals surface area contributed by atoms with Gasteiger partial charge in [0.1, 0.15) is 6.04 Å². The monoisotopic (exact) mass is 253 g/mol. The number of likely N-dealkylation sites (N-methyl/N-ethyl adjacent to an activating group) is 1. The predicted octanol–water partition coefficient (Wildman–Crippen LogP) is 0.256. The molecule has 1 aliphatic carbocycles. The van der Waals surface area contributed by atoms with Crippen LogP contribution in [0.1, 0.15) is 39.0 Å². The van der Waals surface area contributed by atoms with E-state index >= 15 is 0 Å². The topological polar surface area (TPSA) is 61.4 Å². The molecule has 18 heavy (non-hydrogen) atoms. The van der Waals surface area contributed by atoms with Crippen molar-refractivity contribution in [1.29, 1.82) is 0 Å². The summed E-state index contributed by atoms with van der Waals surface area (Å²) in [7, 11) is 0. The fraction of sp³-hybridized carbons (Fsp3) is 0.846. The van der Waals surface area contributed by atoms with Crippen LogP contribution >= 0.6 is 0 Å². The van der Waals surface area contributed by atoms with Crippen LogP contribution in [0.5, 0.6) is 0 Å². The van der Waals surface area contributed by atoms with E-state index in [2.05, 4.69) is 10.6 Å². The van der Waals surface area contributed by atoms with E-state index in [0.717, 1.165) is 19.4 Å². The highest BCUT2D eigenvalue weighted by atomic mass is 16.2. The van der Waals surface area contributed by atoms with E-state index in [1.165, 1.54) is 19.3 Å². The molecule has 0 aromatic heterocycles. The smallest absolute Gasteiger partial charge is 0.241 e. The Morgan fingerprint density at radius 1 is 1.33 bits per heavy atom. The van der Waals surface area contributed by atoms with Crippen molar-refractivity contribution in [2.24, 2.45) is 0 Å². The summed E-state index contributed by atoms with van der Waals surface area (Å²) in [5.41, 5.74) is 0. The Balaban J connectivity index is 1.94. The number of hydrogen-bond acceptors (Lipinski definition) is 3. The Morgan fingerprint density at radius 2 is 2.06 bits per heavy atom. The van der Waals surface area contributed by atoms with Crippen molar-refractivity contribution in [2.75, 3.05) is 19.6 Å². The minimum atomic E-state index is -0.246. The van der Waals surface area contributed by atoms with Crippen molar-refractivity contribution in [3.8, 4) is 0 Å². The highest BCUT2D eigenvalue weighted by Crippen LogP contribution is 2.23. The van der Waals surface area contributed by atoms with E-state index in [9.17, 15) is 9.59 Å². The van der Waals surface area contributed by atoms with Crippen molar-refractivity contribution in [1.82, 2.24) is 15.5 Å². The van der Waals surface area contributed by atoms with Gasteiger partial charge in [-0.05, 0) is 19.8 Å². The fourth-order valence-electron chi connectivity index (χ4n) is 2.93. The lowest BCUT2D eigenvalue weighted by molar-refractivity contribution is -0.137. The van der Waals surface area contributed by atoms with Crippen molar-refractivity contribution in [3.63, 3.8) is 0 Å². The summed E-state index contributed by atoms with van der Waals surface area (Å²) in [5.74, 6) is 0.115. The molecule has 0 radical (unpaired) electrons. The first-order valence-electron chi connectivity index (χ1n) is 7.03. The Bertz CT molecular complexity index is 303. The Kier molecular flexibility index (Phi) is 4.58. The first-order valence-corrected chi connectivity index (χ1v) is 7.03. The van der Waals surface area contributed by atoms with Crippen LogP contribution < -0.4 is 10.6 Å². The summed E-state index contributed by atoms with van der Waals surface area (Å²) in [5, 5.41) is 5.77. The van der Waals surface area contributed by atoms with Gasteiger partial charge in [0, 0.05) is 19.1 Å². The number of nitrogens with zero attached hydrogens (tertiary/aromatic N) is 1. The van der Waals surface area contributed by atoms with E-state index in [4.69, 9.17) is 0 Å². The molecule has 1 saturated carbocycles. The van der Waals surface area contributed by atoms with E-state index in [1.807, 2.05) is 11.8 Å².